The number of halogens is 2. The zero-order valence-electron chi connectivity index (χ0n) is 19.3. The normalized spacial score (nSPS) is 11.5. The fourth-order valence-corrected chi connectivity index (χ4v) is 4.43. The SMILES string of the molecule is CCNC(=O)C(Cc1ccccc1)N(Cc1ccccc1C)C(=O)COc1ccc(Cl)cc1Br. The summed E-state index contributed by atoms with van der Waals surface area (Å²) in [5, 5.41) is 3.46. The van der Waals surface area contributed by atoms with Crippen LogP contribution in [0.1, 0.15) is 23.6 Å². The molecule has 1 unspecified atom stereocenters. The molecule has 3 aromatic rings. The molecule has 0 aromatic heterocycles. The lowest BCUT2D eigenvalue weighted by Gasteiger charge is -2.32. The van der Waals surface area contributed by atoms with Crippen molar-refractivity contribution in [3.63, 3.8) is 0 Å². The van der Waals surface area contributed by atoms with Crippen LogP contribution >= 0.6 is 27.5 Å². The van der Waals surface area contributed by atoms with Crippen molar-refractivity contribution in [2.24, 2.45) is 0 Å². The number of hydrogen-bond donors (Lipinski definition) is 1. The van der Waals surface area contributed by atoms with E-state index < -0.39 is 6.04 Å². The standard InChI is InChI=1S/C27H28BrClN2O3/c1-3-30-27(33)24(15-20-10-5-4-6-11-20)31(17-21-12-8-7-9-19(21)2)26(32)18-34-25-14-13-22(29)16-23(25)28/h4-14,16,24H,3,15,17-18H2,1-2H3,(H,30,33). The zero-order valence-corrected chi connectivity index (χ0v) is 21.6. The molecule has 1 N–H and O–H groups in total. The second kappa shape index (κ2) is 12.6. The number of aryl methyl sites for hydroxylation is 1. The van der Waals surface area contributed by atoms with E-state index >= 15 is 0 Å². The van der Waals surface area contributed by atoms with Gasteiger partial charge in [-0.1, -0.05) is 66.2 Å². The van der Waals surface area contributed by atoms with Gasteiger partial charge >= 0.3 is 0 Å². The van der Waals surface area contributed by atoms with Crippen LogP contribution in [0.4, 0.5) is 0 Å². The predicted octanol–water partition coefficient (Wildman–Crippen LogP) is 5.57. The van der Waals surface area contributed by atoms with E-state index in [-0.39, 0.29) is 18.4 Å². The van der Waals surface area contributed by atoms with Crippen molar-refractivity contribution < 1.29 is 14.3 Å². The van der Waals surface area contributed by atoms with Crippen molar-refractivity contribution in [3.05, 3.63) is 99.0 Å². The molecule has 0 aliphatic heterocycles. The monoisotopic (exact) mass is 542 g/mol. The summed E-state index contributed by atoms with van der Waals surface area (Å²) in [5.74, 6) is 0.0319. The fourth-order valence-electron chi connectivity index (χ4n) is 3.63. The van der Waals surface area contributed by atoms with Crippen LogP contribution < -0.4 is 10.1 Å². The molecule has 3 aromatic carbocycles. The highest BCUT2D eigenvalue weighted by Gasteiger charge is 2.30. The van der Waals surface area contributed by atoms with Gasteiger partial charge in [-0.3, -0.25) is 9.59 Å². The van der Waals surface area contributed by atoms with Gasteiger partial charge < -0.3 is 15.0 Å². The maximum atomic E-state index is 13.5. The highest BCUT2D eigenvalue weighted by Crippen LogP contribution is 2.28. The van der Waals surface area contributed by atoms with E-state index in [0.29, 0.717) is 34.8 Å². The quantitative estimate of drug-likeness (QED) is 0.364. The van der Waals surface area contributed by atoms with E-state index in [9.17, 15) is 9.59 Å². The fraction of sp³-hybridized carbons (Fsp3) is 0.259. The van der Waals surface area contributed by atoms with Crippen molar-refractivity contribution >= 4 is 39.3 Å². The number of likely N-dealkylation sites (N-methyl/N-ethyl adjacent to an activating group) is 1. The Balaban J connectivity index is 1.91. The minimum absolute atomic E-state index is 0.194. The van der Waals surface area contributed by atoms with Gasteiger partial charge in [-0.15, -0.1) is 0 Å². The first-order chi connectivity index (χ1) is 16.4. The maximum Gasteiger partial charge on any atom is 0.261 e. The number of amides is 2. The van der Waals surface area contributed by atoms with E-state index in [2.05, 4.69) is 21.2 Å². The molecule has 0 aliphatic carbocycles. The first kappa shape index (κ1) is 25.8. The molecule has 34 heavy (non-hydrogen) atoms. The Morgan fingerprint density at radius 2 is 1.76 bits per heavy atom. The number of carbonyl (C=O) groups excluding carboxylic acids is 2. The van der Waals surface area contributed by atoms with Crippen molar-refractivity contribution in [2.45, 2.75) is 32.9 Å². The lowest BCUT2D eigenvalue weighted by atomic mass is 10.0. The van der Waals surface area contributed by atoms with E-state index in [1.165, 1.54) is 0 Å². The molecule has 0 bridgehead atoms. The van der Waals surface area contributed by atoms with E-state index in [0.717, 1.165) is 16.7 Å². The average molecular weight is 544 g/mol. The van der Waals surface area contributed by atoms with Crippen LogP contribution in [0.2, 0.25) is 5.02 Å². The largest absolute Gasteiger partial charge is 0.483 e. The van der Waals surface area contributed by atoms with Gasteiger partial charge in [0.15, 0.2) is 6.61 Å². The van der Waals surface area contributed by atoms with Crippen molar-refractivity contribution in [2.75, 3.05) is 13.2 Å². The summed E-state index contributed by atoms with van der Waals surface area (Å²) < 4.78 is 6.47. The molecule has 0 saturated heterocycles. The summed E-state index contributed by atoms with van der Waals surface area (Å²) >= 11 is 9.43. The Kier molecular flexibility index (Phi) is 9.54. The Bertz CT molecular complexity index is 1120. The molecular formula is C27H28BrClN2O3. The molecule has 178 valence electrons. The lowest BCUT2D eigenvalue weighted by Crippen LogP contribution is -2.51. The molecule has 5 nitrogen and oxygen atoms in total. The van der Waals surface area contributed by atoms with Gasteiger partial charge in [0.25, 0.3) is 5.91 Å². The molecule has 1 atom stereocenters. The van der Waals surface area contributed by atoms with E-state index in [1.807, 2.05) is 68.4 Å². The van der Waals surface area contributed by atoms with E-state index in [4.69, 9.17) is 16.3 Å². The first-order valence-corrected chi connectivity index (χ1v) is 12.3. The summed E-state index contributed by atoms with van der Waals surface area (Å²) in [4.78, 5) is 28.3. The predicted molar refractivity (Wildman–Crippen MR) is 139 cm³/mol. The van der Waals surface area contributed by atoms with Crippen LogP contribution in [0.15, 0.2) is 77.3 Å². The molecule has 0 spiro atoms. The molecule has 0 saturated carbocycles. The van der Waals surface area contributed by atoms with Crippen molar-refractivity contribution in [3.8, 4) is 5.75 Å². The number of ether oxygens (including phenoxy) is 1. The minimum atomic E-state index is -0.688. The second-order valence-corrected chi connectivity index (χ2v) is 9.20. The van der Waals surface area contributed by atoms with Gasteiger partial charge in [-0.2, -0.15) is 0 Å². The number of nitrogens with one attached hydrogen (secondary N) is 1. The number of nitrogens with zero attached hydrogens (tertiary/aromatic N) is 1. The summed E-state index contributed by atoms with van der Waals surface area (Å²) in [6, 6.07) is 22.0. The van der Waals surface area contributed by atoms with Crippen LogP contribution in [0.5, 0.6) is 5.75 Å². The molecule has 0 aliphatic rings. The van der Waals surface area contributed by atoms with E-state index in [1.54, 1.807) is 23.1 Å². The maximum absolute atomic E-state index is 13.5. The average Bonchev–Trinajstić information content (AvgIpc) is 2.82. The van der Waals surface area contributed by atoms with Crippen LogP contribution in [0, 0.1) is 6.92 Å². The topological polar surface area (TPSA) is 58.6 Å². The van der Waals surface area contributed by atoms with Crippen molar-refractivity contribution in [1.29, 1.82) is 0 Å². The Hall–Kier alpha value is -2.83. The number of hydrogen-bond acceptors (Lipinski definition) is 3. The highest BCUT2D eigenvalue weighted by atomic mass is 79.9. The van der Waals surface area contributed by atoms with Gasteiger partial charge in [0.05, 0.1) is 4.47 Å². The van der Waals surface area contributed by atoms with Gasteiger partial charge in [0.1, 0.15) is 11.8 Å². The first-order valence-electron chi connectivity index (χ1n) is 11.1. The molecule has 7 heteroatoms. The third-order valence-corrected chi connectivity index (χ3v) is 6.32. The van der Waals surface area contributed by atoms with Crippen LogP contribution in [0.3, 0.4) is 0 Å². The third kappa shape index (κ3) is 7.08. The summed E-state index contributed by atoms with van der Waals surface area (Å²) in [6.45, 7) is 4.43. The van der Waals surface area contributed by atoms with Gasteiger partial charge in [-0.05, 0) is 64.7 Å². The minimum Gasteiger partial charge on any atom is -0.483 e. The van der Waals surface area contributed by atoms with Gasteiger partial charge in [0.2, 0.25) is 5.91 Å². The summed E-state index contributed by atoms with van der Waals surface area (Å²) in [7, 11) is 0. The molecule has 0 radical (unpaired) electrons. The van der Waals surface area contributed by atoms with Crippen LogP contribution in [-0.4, -0.2) is 35.9 Å². The molecule has 2 amide bonds. The molecular weight excluding hydrogens is 516 g/mol. The zero-order chi connectivity index (χ0) is 24.5. The van der Waals surface area contributed by atoms with Crippen LogP contribution in [0.25, 0.3) is 0 Å². The highest BCUT2D eigenvalue weighted by molar-refractivity contribution is 9.10. The summed E-state index contributed by atoms with van der Waals surface area (Å²) in [5.41, 5.74) is 3.00. The number of benzene rings is 3. The number of carbonyl (C=O) groups is 2. The Labute approximate surface area is 214 Å². The Morgan fingerprint density at radius 3 is 2.44 bits per heavy atom. The molecule has 0 fully saturated rings. The van der Waals surface area contributed by atoms with Gasteiger partial charge in [-0.25, -0.2) is 0 Å². The Morgan fingerprint density at radius 1 is 1.06 bits per heavy atom. The summed E-state index contributed by atoms with van der Waals surface area (Å²) in [6.07, 6.45) is 0.398. The van der Waals surface area contributed by atoms with Crippen molar-refractivity contribution in [1.82, 2.24) is 10.2 Å². The third-order valence-electron chi connectivity index (χ3n) is 5.47. The molecule has 0 heterocycles. The second-order valence-electron chi connectivity index (χ2n) is 7.91. The molecule has 3 rings (SSSR count). The smallest absolute Gasteiger partial charge is 0.261 e. The number of rotatable bonds is 10. The van der Waals surface area contributed by atoms with Crippen LogP contribution in [-0.2, 0) is 22.6 Å². The lowest BCUT2D eigenvalue weighted by molar-refractivity contribution is -0.142. The van der Waals surface area contributed by atoms with Gasteiger partial charge in [0, 0.05) is 24.5 Å².